The van der Waals surface area contributed by atoms with Crippen molar-refractivity contribution < 1.29 is 27.1 Å². The highest BCUT2D eigenvalue weighted by Crippen LogP contribution is 2.38. The number of aromatic hydroxyl groups is 1. The van der Waals surface area contributed by atoms with E-state index in [9.17, 15) is 27.1 Å². The van der Waals surface area contributed by atoms with Gasteiger partial charge in [0.05, 0.1) is 10.7 Å². The van der Waals surface area contributed by atoms with Crippen LogP contribution >= 0.6 is 11.6 Å². The Morgan fingerprint density at radius 1 is 1.03 bits per heavy atom. The number of halogens is 3. The molecule has 3 aliphatic rings. The van der Waals surface area contributed by atoms with E-state index in [1.807, 2.05) is 6.07 Å². The number of phenols is 1. The molecule has 0 atom stereocenters. The summed E-state index contributed by atoms with van der Waals surface area (Å²) in [5, 5.41) is 9.96. The quantitative estimate of drug-likeness (QED) is 0.488. The van der Waals surface area contributed by atoms with Gasteiger partial charge in [0.1, 0.15) is 16.5 Å². The molecule has 3 heterocycles. The molecule has 3 aromatic carbocycles. The van der Waals surface area contributed by atoms with Gasteiger partial charge in [-0.25, -0.2) is 17.2 Å². The summed E-state index contributed by atoms with van der Waals surface area (Å²) in [6, 6.07) is 10.9. The first-order valence-electron chi connectivity index (χ1n) is 10.1. The number of fused-ring (bicyclic) bond motifs is 1. The van der Waals surface area contributed by atoms with Gasteiger partial charge in [-0.1, -0.05) is 35.9 Å². The number of phenolic OH excluding ortho intramolecular Hbond substituents is 1. The van der Waals surface area contributed by atoms with Crippen LogP contribution in [0.3, 0.4) is 0 Å². The van der Waals surface area contributed by atoms with E-state index in [1.54, 1.807) is 23.1 Å². The summed E-state index contributed by atoms with van der Waals surface area (Å²) in [7, 11) is -4.59. The van der Waals surface area contributed by atoms with Gasteiger partial charge in [-0.15, -0.1) is 0 Å². The topological polar surface area (TPSA) is 86.7 Å². The van der Waals surface area contributed by atoms with Gasteiger partial charge in [0.25, 0.3) is 15.9 Å². The molecule has 3 aromatic rings. The predicted octanol–water partition coefficient (Wildman–Crippen LogP) is 4.42. The number of anilines is 1. The Morgan fingerprint density at radius 3 is 2.52 bits per heavy atom. The van der Waals surface area contributed by atoms with Gasteiger partial charge in [0.15, 0.2) is 5.75 Å². The van der Waals surface area contributed by atoms with Crippen molar-refractivity contribution in [1.29, 1.82) is 0 Å². The third kappa shape index (κ3) is 3.71. The minimum Gasteiger partial charge on any atom is -0.505 e. The number of sulfonamides is 1. The maximum atomic E-state index is 14.8. The molecular weight excluding hydrogens is 474 g/mol. The number of carbonyl (C=O) groups is 1. The van der Waals surface area contributed by atoms with E-state index in [2.05, 4.69) is 4.72 Å². The van der Waals surface area contributed by atoms with E-state index in [4.69, 9.17) is 11.6 Å². The summed E-state index contributed by atoms with van der Waals surface area (Å²) in [5.74, 6) is -3.08. The Morgan fingerprint density at radius 2 is 1.76 bits per heavy atom. The van der Waals surface area contributed by atoms with E-state index >= 15 is 0 Å². The van der Waals surface area contributed by atoms with Gasteiger partial charge < -0.3 is 10.0 Å². The van der Waals surface area contributed by atoms with Crippen molar-refractivity contribution in [2.45, 2.75) is 11.3 Å². The molecule has 2 N–H and O–H groups in total. The van der Waals surface area contributed by atoms with Crippen LogP contribution in [0, 0.1) is 17.6 Å². The molecule has 6 bridgehead atoms. The summed E-state index contributed by atoms with van der Waals surface area (Å²) in [4.78, 5) is 13.8. The maximum Gasteiger partial charge on any atom is 0.265 e. The molecule has 170 valence electrons. The van der Waals surface area contributed by atoms with Gasteiger partial charge >= 0.3 is 0 Å². The molecule has 0 radical (unpaired) electrons. The van der Waals surface area contributed by atoms with Crippen molar-refractivity contribution in [1.82, 2.24) is 4.90 Å². The summed E-state index contributed by atoms with van der Waals surface area (Å²) in [6.07, 6.45) is 0.555. The second-order valence-corrected chi connectivity index (χ2v) is 10.2. The lowest BCUT2D eigenvalue weighted by atomic mass is 9.87. The van der Waals surface area contributed by atoms with E-state index < -0.39 is 43.9 Å². The average Bonchev–Trinajstić information content (AvgIpc) is 2.73. The van der Waals surface area contributed by atoms with Gasteiger partial charge in [-0.05, 0) is 41.7 Å². The fourth-order valence-corrected chi connectivity index (χ4v) is 5.73. The predicted molar refractivity (Wildman–Crippen MR) is 119 cm³/mol. The molecule has 1 fully saturated rings. The van der Waals surface area contributed by atoms with Crippen LogP contribution in [0.25, 0.3) is 11.1 Å². The Hall–Kier alpha value is -3.17. The molecule has 1 amide bonds. The van der Waals surface area contributed by atoms with Crippen molar-refractivity contribution in [3.8, 4) is 16.9 Å². The Bertz CT molecular complexity index is 1420. The summed E-state index contributed by atoms with van der Waals surface area (Å²) >= 11 is 6.01. The number of benzene rings is 3. The van der Waals surface area contributed by atoms with Crippen LogP contribution in [0.5, 0.6) is 5.75 Å². The van der Waals surface area contributed by atoms with Crippen LogP contribution in [0.1, 0.15) is 15.9 Å². The van der Waals surface area contributed by atoms with Crippen molar-refractivity contribution >= 4 is 33.2 Å². The number of nitrogens with one attached hydrogen (secondary N) is 1. The zero-order valence-corrected chi connectivity index (χ0v) is 18.6. The normalized spacial score (nSPS) is 17.3. The van der Waals surface area contributed by atoms with Crippen molar-refractivity contribution in [2.24, 2.45) is 5.92 Å². The number of hydrogen-bond donors (Lipinski definition) is 2. The molecule has 0 spiro atoms. The number of hydrogen-bond acceptors (Lipinski definition) is 4. The highest BCUT2D eigenvalue weighted by atomic mass is 35.5. The third-order valence-corrected chi connectivity index (χ3v) is 7.59. The van der Waals surface area contributed by atoms with Gasteiger partial charge in [-0.3, -0.25) is 9.52 Å². The first kappa shape index (κ1) is 21.7. The highest BCUT2D eigenvalue weighted by molar-refractivity contribution is 7.92. The van der Waals surface area contributed by atoms with Crippen molar-refractivity contribution in [2.75, 3.05) is 17.8 Å². The lowest BCUT2D eigenvalue weighted by molar-refractivity contribution is 0.0501. The molecule has 0 saturated carbocycles. The van der Waals surface area contributed by atoms with E-state index in [0.29, 0.717) is 31.1 Å². The summed E-state index contributed by atoms with van der Waals surface area (Å²) < 4.78 is 57.5. The molecule has 33 heavy (non-hydrogen) atoms. The summed E-state index contributed by atoms with van der Waals surface area (Å²) in [6.45, 7) is 0.840. The molecule has 0 unspecified atom stereocenters. The lowest BCUT2D eigenvalue weighted by Crippen LogP contribution is -2.50. The van der Waals surface area contributed by atoms with Crippen molar-refractivity contribution in [3.63, 3.8) is 0 Å². The lowest BCUT2D eigenvalue weighted by Gasteiger charge is -2.39. The minimum absolute atomic E-state index is 0.0211. The van der Waals surface area contributed by atoms with Crippen LogP contribution in [0.4, 0.5) is 14.5 Å². The van der Waals surface area contributed by atoms with Gasteiger partial charge in [-0.2, -0.15) is 0 Å². The first-order valence-corrected chi connectivity index (χ1v) is 11.9. The van der Waals surface area contributed by atoms with Crippen LogP contribution in [0.2, 0.25) is 5.02 Å². The zero-order chi connectivity index (χ0) is 23.5. The first-order chi connectivity index (χ1) is 15.6. The van der Waals surface area contributed by atoms with Crippen molar-refractivity contribution in [3.05, 3.63) is 76.3 Å². The van der Waals surface area contributed by atoms with Gasteiger partial charge in [0, 0.05) is 30.3 Å². The second-order valence-electron chi connectivity index (χ2n) is 8.16. The fraction of sp³-hybridized carbons (Fsp3) is 0.174. The zero-order valence-electron chi connectivity index (χ0n) is 17.0. The van der Waals surface area contributed by atoms with E-state index in [1.165, 1.54) is 6.07 Å². The van der Waals surface area contributed by atoms with E-state index in [-0.39, 0.29) is 22.1 Å². The molecular formula is C23H17ClF2N2O4S. The largest absolute Gasteiger partial charge is 0.505 e. The number of nitrogens with zero attached hydrogens (tertiary/aromatic N) is 1. The Kier molecular flexibility index (Phi) is 5.06. The molecule has 6 nitrogen and oxygen atoms in total. The molecule has 3 aliphatic heterocycles. The van der Waals surface area contributed by atoms with E-state index in [0.717, 1.165) is 17.7 Å². The Balaban J connectivity index is 1.73. The third-order valence-electron chi connectivity index (χ3n) is 5.93. The molecule has 6 rings (SSSR count). The standard InChI is InChI=1S/C23H17ClF2N2O4S/c24-17-6-14-7-21(22(17)29)33(31,32)27-20-8-16(18(25)9-19(20)26)15-4-2-1-3-13(15)5-12-10-28(11-12)23(14)30/h1-4,6-9,12,27,29H,5,10-11H2. The van der Waals surface area contributed by atoms with Crippen LogP contribution < -0.4 is 4.72 Å². The van der Waals surface area contributed by atoms with Gasteiger partial charge in [0.2, 0.25) is 0 Å². The molecule has 10 heteroatoms. The molecule has 1 saturated heterocycles. The number of amides is 1. The van der Waals surface area contributed by atoms with Crippen LogP contribution in [0.15, 0.2) is 53.4 Å². The number of carbonyl (C=O) groups excluding carboxylic acids is 1. The fourth-order valence-electron chi connectivity index (χ4n) is 4.25. The smallest absolute Gasteiger partial charge is 0.265 e. The maximum absolute atomic E-state index is 14.8. The molecule has 0 aliphatic carbocycles. The Labute approximate surface area is 193 Å². The minimum atomic E-state index is -4.59. The number of rotatable bonds is 0. The summed E-state index contributed by atoms with van der Waals surface area (Å²) in [5.41, 5.74) is 0.804. The SMILES string of the molecule is O=C1c2cc(Cl)c(O)c(c2)S(=O)(=O)Nc2cc(c(F)cc2F)-c2ccccc2CC2CN1C2. The molecule has 0 aromatic heterocycles. The van der Waals surface area contributed by atoms with Crippen LogP contribution in [-0.4, -0.2) is 37.4 Å². The highest BCUT2D eigenvalue weighted by Gasteiger charge is 2.34. The monoisotopic (exact) mass is 490 g/mol. The average molecular weight is 491 g/mol. The second kappa shape index (κ2) is 7.71. The van der Waals surface area contributed by atoms with Crippen LogP contribution in [-0.2, 0) is 16.4 Å².